The first-order valence-corrected chi connectivity index (χ1v) is 10.2. The van der Waals surface area contributed by atoms with Crippen molar-refractivity contribution in [3.63, 3.8) is 0 Å². The largest absolute Gasteiger partial charge is 0.493 e. The maximum absolute atomic E-state index is 12.6. The Balaban J connectivity index is 1.50. The van der Waals surface area contributed by atoms with Gasteiger partial charge in [0.05, 0.1) is 26.2 Å². The highest BCUT2D eigenvalue weighted by Gasteiger charge is 2.15. The van der Waals surface area contributed by atoms with Gasteiger partial charge in [-0.1, -0.05) is 6.07 Å². The Bertz CT molecular complexity index is 1070. The van der Waals surface area contributed by atoms with Crippen LogP contribution in [0.3, 0.4) is 0 Å². The number of anilines is 2. The molecule has 0 aliphatic carbocycles. The zero-order chi connectivity index (χ0) is 21.1. The summed E-state index contributed by atoms with van der Waals surface area (Å²) in [5, 5.41) is 4.05. The Morgan fingerprint density at radius 1 is 1.03 bits per heavy atom. The van der Waals surface area contributed by atoms with Gasteiger partial charge in [-0.3, -0.25) is 4.79 Å². The van der Waals surface area contributed by atoms with Gasteiger partial charge in [-0.2, -0.15) is 0 Å². The summed E-state index contributed by atoms with van der Waals surface area (Å²) in [5.74, 6) is 2.22. The van der Waals surface area contributed by atoms with E-state index in [9.17, 15) is 4.79 Å². The zero-order valence-corrected chi connectivity index (χ0v) is 17.7. The summed E-state index contributed by atoms with van der Waals surface area (Å²) in [4.78, 5) is 19.7. The molecule has 0 bridgehead atoms. The van der Waals surface area contributed by atoms with Gasteiger partial charge >= 0.3 is 0 Å². The summed E-state index contributed by atoms with van der Waals surface area (Å²) < 4.78 is 10.6. The Labute approximate surface area is 176 Å². The first kappa shape index (κ1) is 20.0. The molecule has 0 spiro atoms. The Morgan fingerprint density at radius 2 is 1.80 bits per heavy atom. The molecule has 3 aromatic rings. The highest BCUT2D eigenvalue weighted by atomic mass is 16.5. The number of aromatic nitrogens is 1. The molecule has 0 unspecified atom stereocenters. The van der Waals surface area contributed by atoms with E-state index in [4.69, 9.17) is 14.5 Å². The van der Waals surface area contributed by atoms with E-state index in [1.54, 1.807) is 14.2 Å². The number of ether oxygens (including phenoxy) is 2. The van der Waals surface area contributed by atoms with Crippen LogP contribution >= 0.6 is 0 Å². The summed E-state index contributed by atoms with van der Waals surface area (Å²) in [6.45, 7) is 4.24. The minimum atomic E-state index is -0.0825. The van der Waals surface area contributed by atoms with E-state index < -0.39 is 0 Å². The molecule has 30 heavy (non-hydrogen) atoms. The monoisotopic (exact) mass is 405 g/mol. The van der Waals surface area contributed by atoms with Crippen molar-refractivity contribution in [3.8, 4) is 11.5 Å². The quantitative estimate of drug-likeness (QED) is 0.661. The second-order valence-corrected chi connectivity index (χ2v) is 7.64. The van der Waals surface area contributed by atoms with Crippen LogP contribution in [0.5, 0.6) is 11.5 Å². The van der Waals surface area contributed by atoms with Gasteiger partial charge in [-0.15, -0.1) is 0 Å². The van der Waals surface area contributed by atoms with Crippen LogP contribution in [-0.4, -0.2) is 38.2 Å². The van der Waals surface area contributed by atoms with Gasteiger partial charge in [0, 0.05) is 24.2 Å². The van der Waals surface area contributed by atoms with Crippen LogP contribution in [0.15, 0.2) is 42.5 Å². The molecule has 1 aromatic heterocycles. The Kier molecular flexibility index (Phi) is 5.74. The lowest BCUT2D eigenvalue weighted by Crippen LogP contribution is -2.19. The molecule has 0 saturated carbocycles. The van der Waals surface area contributed by atoms with E-state index in [2.05, 4.69) is 23.2 Å². The van der Waals surface area contributed by atoms with Gasteiger partial charge in [0.1, 0.15) is 5.82 Å². The second kappa shape index (κ2) is 8.61. The van der Waals surface area contributed by atoms with Crippen LogP contribution in [0.1, 0.15) is 24.0 Å². The first-order chi connectivity index (χ1) is 14.6. The maximum Gasteiger partial charge on any atom is 0.228 e. The molecule has 156 valence electrons. The fourth-order valence-corrected chi connectivity index (χ4v) is 3.94. The minimum absolute atomic E-state index is 0.0825. The van der Waals surface area contributed by atoms with E-state index in [-0.39, 0.29) is 12.3 Å². The van der Waals surface area contributed by atoms with E-state index in [0.29, 0.717) is 11.5 Å². The molecule has 6 nitrogen and oxygen atoms in total. The number of hydrogen-bond acceptors (Lipinski definition) is 5. The lowest BCUT2D eigenvalue weighted by Gasteiger charge is -2.18. The average Bonchev–Trinajstić information content (AvgIpc) is 3.29. The van der Waals surface area contributed by atoms with Gasteiger partial charge < -0.3 is 19.7 Å². The predicted molar refractivity (Wildman–Crippen MR) is 120 cm³/mol. The molecule has 1 N–H and O–H groups in total. The van der Waals surface area contributed by atoms with Crippen LogP contribution in [0.2, 0.25) is 0 Å². The smallest absolute Gasteiger partial charge is 0.228 e. The summed E-state index contributed by atoms with van der Waals surface area (Å²) in [5.41, 5.74) is 3.75. The third-order valence-electron chi connectivity index (χ3n) is 5.53. The van der Waals surface area contributed by atoms with Gasteiger partial charge in [-0.05, 0) is 67.3 Å². The van der Waals surface area contributed by atoms with Gasteiger partial charge in [-0.25, -0.2) is 4.98 Å². The molecule has 0 atom stereocenters. The van der Waals surface area contributed by atoms with Crippen molar-refractivity contribution in [3.05, 3.63) is 53.6 Å². The third-order valence-corrected chi connectivity index (χ3v) is 5.53. The number of fused-ring (bicyclic) bond motifs is 1. The Morgan fingerprint density at radius 3 is 2.53 bits per heavy atom. The van der Waals surface area contributed by atoms with Gasteiger partial charge in [0.15, 0.2) is 11.5 Å². The standard InChI is InChI=1S/C24H27N3O3/c1-16-12-23(27-10-4-5-11-27)26-20-8-7-18(15-19(16)20)25-24(28)14-17-6-9-21(29-2)22(13-17)30-3/h6-9,12-13,15H,4-5,10-11,14H2,1-3H3,(H,25,28). The lowest BCUT2D eigenvalue weighted by atomic mass is 10.1. The van der Waals surface area contributed by atoms with Crippen molar-refractivity contribution in [1.82, 2.24) is 4.98 Å². The van der Waals surface area contributed by atoms with Crippen molar-refractivity contribution in [2.24, 2.45) is 0 Å². The van der Waals surface area contributed by atoms with E-state index >= 15 is 0 Å². The van der Waals surface area contributed by atoms with Gasteiger partial charge in [0.2, 0.25) is 5.91 Å². The van der Waals surface area contributed by atoms with E-state index in [1.807, 2.05) is 36.4 Å². The summed E-state index contributed by atoms with van der Waals surface area (Å²) >= 11 is 0. The van der Waals surface area contributed by atoms with Crippen molar-refractivity contribution in [1.29, 1.82) is 0 Å². The van der Waals surface area contributed by atoms with Crippen LogP contribution in [-0.2, 0) is 11.2 Å². The van der Waals surface area contributed by atoms with E-state index in [0.717, 1.165) is 46.6 Å². The third kappa shape index (κ3) is 4.17. The molecule has 2 aromatic carbocycles. The number of carbonyl (C=O) groups is 1. The first-order valence-electron chi connectivity index (χ1n) is 10.2. The molecule has 4 rings (SSSR count). The highest BCUT2D eigenvalue weighted by Crippen LogP contribution is 2.29. The number of hydrogen-bond donors (Lipinski definition) is 1. The van der Waals surface area contributed by atoms with Crippen molar-refractivity contribution >= 4 is 28.3 Å². The minimum Gasteiger partial charge on any atom is -0.493 e. The molecule has 1 amide bonds. The van der Waals surface area contributed by atoms with Crippen LogP contribution in [0.25, 0.3) is 10.9 Å². The number of rotatable bonds is 6. The summed E-state index contributed by atoms with van der Waals surface area (Å²) in [6, 6.07) is 13.5. The molecular weight excluding hydrogens is 378 g/mol. The number of aryl methyl sites for hydroxylation is 1. The molecule has 0 radical (unpaired) electrons. The number of carbonyl (C=O) groups excluding carboxylic acids is 1. The predicted octanol–water partition coefficient (Wildman–Crippen LogP) is 4.34. The van der Waals surface area contributed by atoms with Crippen molar-refractivity contribution in [2.75, 3.05) is 37.5 Å². The van der Waals surface area contributed by atoms with Crippen LogP contribution in [0.4, 0.5) is 11.5 Å². The summed E-state index contributed by atoms with van der Waals surface area (Å²) in [7, 11) is 3.18. The molecule has 1 fully saturated rings. The number of pyridine rings is 1. The van der Waals surface area contributed by atoms with E-state index in [1.165, 1.54) is 12.8 Å². The fraction of sp³-hybridized carbons (Fsp3) is 0.333. The van der Waals surface area contributed by atoms with Crippen molar-refractivity contribution in [2.45, 2.75) is 26.2 Å². The van der Waals surface area contributed by atoms with Crippen LogP contribution < -0.4 is 19.7 Å². The second-order valence-electron chi connectivity index (χ2n) is 7.64. The average molecular weight is 405 g/mol. The fourth-order valence-electron chi connectivity index (χ4n) is 3.94. The van der Waals surface area contributed by atoms with Crippen molar-refractivity contribution < 1.29 is 14.3 Å². The van der Waals surface area contributed by atoms with Crippen LogP contribution in [0, 0.1) is 6.92 Å². The summed E-state index contributed by atoms with van der Waals surface area (Å²) in [6.07, 6.45) is 2.71. The number of amides is 1. The molecule has 1 aliphatic heterocycles. The topological polar surface area (TPSA) is 63.7 Å². The SMILES string of the molecule is COc1ccc(CC(=O)Nc2ccc3nc(N4CCCC4)cc(C)c3c2)cc1OC. The number of nitrogens with one attached hydrogen (secondary N) is 1. The Hall–Kier alpha value is -3.28. The number of nitrogens with zero attached hydrogens (tertiary/aromatic N) is 2. The highest BCUT2D eigenvalue weighted by molar-refractivity contribution is 5.95. The normalized spacial score (nSPS) is 13.5. The zero-order valence-electron chi connectivity index (χ0n) is 17.7. The lowest BCUT2D eigenvalue weighted by molar-refractivity contribution is -0.115. The van der Waals surface area contributed by atoms with Gasteiger partial charge in [0.25, 0.3) is 0 Å². The number of benzene rings is 2. The maximum atomic E-state index is 12.6. The molecule has 1 saturated heterocycles. The number of methoxy groups -OCH3 is 2. The molecule has 1 aliphatic rings. The molecule has 6 heteroatoms. The molecular formula is C24H27N3O3. The molecule has 2 heterocycles.